The molecule has 0 spiro atoms. The lowest BCUT2D eigenvalue weighted by atomic mass is 10.0. The summed E-state index contributed by atoms with van der Waals surface area (Å²) in [6, 6.07) is 13.7. The number of halogens is 1. The monoisotopic (exact) mass is 261 g/mol. The van der Waals surface area contributed by atoms with Gasteiger partial charge in [0, 0.05) is 10.7 Å². The fraction of sp³-hybridized carbons (Fsp3) is 0.200. The summed E-state index contributed by atoms with van der Waals surface area (Å²) in [5.41, 5.74) is 9.07. The summed E-state index contributed by atoms with van der Waals surface area (Å²) in [5.74, 6) is 0.876. The molecule has 2 nitrogen and oxygen atoms in total. The van der Waals surface area contributed by atoms with Gasteiger partial charge in [0.15, 0.2) is 0 Å². The van der Waals surface area contributed by atoms with Gasteiger partial charge in [0.05, 0.1) is 7.11 Å². The minimum Gasteiger partial charge on any atom is -0.497 e. The molecule has 2 aromatic rings. The molecule has 94 valence electrons. The minimum absolute atomic E-state index is 0.730. The van der Waals surface area contributed by atoms with Crippen LogP contribution in [0.2, 0.25) is 5.02 Å². The summed E-state index contributed by atoms with van der Waals surface area (Å²) in [6.07, 6.45) is 1.83. The summed E-state index contributed by atoms with van der Waals surface area (Å²) >= 11 is 5.97. The Labute approximate surface area is 112 Å². The van der Waals surface area contributed by atoms with Crippen LogP contribution in [0.15, 0.2) is 42.5 Å². The number of rotatable bonds is 4. The van der Waals surface area contributed by atoms with Crippen molar-refractivity contribution in [3.63, 3.8) is 0 Å². The van der Waals surface area contributed by atoms with Crippen molar-refractivity contribution < 1.29 is 4.74 Å². The molecule has 0 saturated carbocycles. The largest absolute Gasteiger partial charge is 0.497 e. The summed E-state index contributed by atoms with van der Waals surface area (Å²) in [5, 5.41) is 0.730. The normalized spacial score (nSPS) is 10.3. The topological polar surface area (TPSA) is 35.2 Å². The fourth-order valence-corrected chi connectivity index (χ4v) is 2.06. The highest BCUT2D eigenvalue weighted by Crippen LogP contribution is 2.20. The molecule has 2 rings (SSSR count). The van der Waals surface area contributed by atoms with Crippen molar-refractivity contribution in [3.05, 3.63) is 58.6 Å². The molecule has 0 aliphatic rings. The maximum atomic E-state index is 5.97. The lowest BCUT2D eigenvalue weighted by Crippen LogP contribution is -1.97. The predicted molar refractivity (Wildman–Crippen MR) is 76.3 cm³/mol. The van der Waals surface area contributed by atoms with Crippen molar-refractivity contribution in [2.24, 2.45) is 0 Å². The Balaban J connectivity index is 2.04. The van der Waals surface area contributed by atoms with Crippen molar-refractivity contribution >= 4 is 17.3 Å². The van der Waals surface area contributed by atoms with Gasteiger partial charge in [-0.2, -0.15) is 0 Å². The van der Waals surface area contributed by atoms with Crippen LogP contribution in [0, 0.1) is 0 Å². The average molecular weight is 262 g/mol. The van der Waals surface area contributed by atoms with E-state index in [0.29, 0.717) is 0 Å². The first-order valence-corrected chi connectivity index (χ1v) is 6.23. The van der Waals surface area contributed by atoms with Crippen LogP contribution in [-0.2, 0) is 12.8 Å². The third-order valence-corrected chi connectivity index (χ3v) is 3.18. The molecular weight excluding hydrogens is 246 g/mol. The van der Waals surface area contributed by atoms with Gasteiger partial charge in [0.25, 0.3) is 0 Å². The molecule has 0 aliphatic heterocycles. The van der Waals surface area contributed by atoms with Crippen molar-refractivity contribution in [2.75, 3.05) is 12.8 Å². The predicted octanol–water partition coefficient (Wildman–Crippen LogP) is 3.72. The summed E-state index contributed by atoms with van der Waals surface area (Å²) in [4.78, 5) is 0. The van der Waals surface area contributed by atoms with E-state index in [1.807, 2.05) is 30.3 Å². The van der Waals surface area contributed by atoms with Crippen molar-refractivity contribution in [2.45, 2.75) is 12.8 Å². The molecular formula is C15H16ClNO. The van der Waals surface area contributed by atoms with Gasteiger partial charge in [-0.05, 0) is 54.3 Å². The van der Waals surface area contributed by atoms with Crippen LogP contribution in [0.1, 0.15) is 11.1 Å². The van der Waals surface area contributed by atoms with E-state index in [4.69, 9.17) is 22.1 Å². The highest BCUT2D eigenvalue weighted by atomic mass is 35.5. The van der Waals surface area contributed by atoms with Gasteiger partial charge in [-0.25, -0.2) is 0 Å². The second-order valence-electron chi connectivity index (χ2n) is 4.19. The second kappa shape index (κ2) is 5.78. The molecule has 0 amide bonds. The van der Waals surface area contributed by atoms with Gasteiger partial charge in [0.1, 0.15) is 5.75 Å². The molecule has 0 atom stereocenters. The van der Waals surface area contributed by atoms with E-state index in [2.05, 4.69) is 12.1 Å². The van der Waals surface area contributed by atoms with Crippen LogP contribution >= 0.6 is 11.6 Å². The zero-order valence-electron chi connectivity index (χ0n) is 10.3. The smallest absolute Gasteiger partial charge is 0.118 e. The van der Waals surface area contributed by atoms with Crippen LogP contribution in [0.3, 0.4) is 0 Å². The first kappa shape index (κ1) is 12.8. The lowest BCUT2D eigenvalue weighted by molar-refractivity contribution is 0.414. The Kier molecular flexibility index (Phi) is 4.11. The molecule has 0 aromatic heterocycles. The number of nitrogens with two attached hydrogens (primary N) is 1. The average Bonchev–Trinajstić information content (AvgIpc) is 2.40. The first-order valence-electron chi connectivity index (χ1n) is 5.86. The molecule has 2 aromatic carbocycles. The van der Waals surface area contributed by atoms with Gasteiger partial charge in [-0.1, -0.05) is 23.7 Å². The van der Waals surface area contributed by atoms with Crippen molar-refractivity contribution in [1.29, 1.82) is 0 Å². The lowest BCUT2D eigenvalue weighted by Gasteiger charge is -2.07. The van der Waals surface area contributed by atoms with Crippen LogP contribution in [0.5, 0.6) is 5.75 Å². The Bertz CT molecular complexity index is 523. The third kappa shape index (κ3) is 3.17. The van der Waals surface area contributed by atoms with Gasteiger partial charge >= 0.3 is 0 Å². The van der Waals surface area contributed by atoms with E-state index < -0.39 is 0 Å². The minimum atomic E-state index is 0.730. The Morgan fingerprint density at radius 1 is 1.06 bits per heavy atom. The van der Waals surface area contributed by atoms with E-state index >= 15 is 0 Å². The third-order valence-electron chi connectivity index (χ3n) is 2.95. The highest BCUT2D eigenvalue weighted by molar-refractivity contribution is 6.30. The molecule has 0 radical (unpaired) electrons. The van der Waals surface area contributed by atoms with Gasteiger partial charge < -0.3 is 10.5 Å². The fourth-order valence-electron chi connectivity index (χ4n) is 1.86. The Hall–Kier alpha value is -1.67. The number of benzene rings is 2. The molecule has 0 heterocycles. The number of methoxy groups -OCH3 is 1. The SMILES string of the molecule is COc1ccc(CCc2cc(Cl)ccc2N)cc1. The highest BCUT2D eigenvalue weighted by Gasteiger charge is 2.02. The zero-order valence-corrected chi connectivity index (χ0v) is 11.1. The number of aryl methyl sites for hydroxylation is 2. The zero-order chi connectivity index (χ0) is 13.0. The molecule has 0 bridgehead atoms. The number of hydrogen-bond acceptors (Lipinski definition) is 2. The summed E-state index contributed by atoms with van der Waals surface area (Å²) < 4.78 is 5.13. The van der Waals surface area contributed by atoms with Crippen molar-refractivity contribution in [3.8, 4) is 5.75 Å². The standard InChI is InChI=1S/C15H16ClNO/c1-18-14-7-3-11(4-8-14)2-5-12-10-13(16)6-9-15(12)17/h3-4,6-10H,2,5,17H2,1H3. The number of ether oxygens (including phenoxy) is 1. The van der Waals surface area contributed by atoms with E-state index in [0.717, 1.165) is 34.9 Å². The van der Waals surface area contributed by atoms with E-state index in [1.165, 1.54) is 5.56 Å². The molecule has 2 N–H and O–H groups in total. The maximum absolute atomic E-state index is 5.97. The van der Waals surface area contributed by atoms with Gasteiger partial charge in [-0.3, -0.25) is 0 Å². The number of hydrogen-bond donors (Lipinski definition) is 1. The van der Waals surface area contributed by atoms with Crippen LogP contribution in [0.25, 0.3) is 0 Å². The maximum Gasteiger partial charge on any atom is 0.118 e. The Morgan fingerprint density at radius 3 is 2.44 bits per heavy atom. The Morgan fingerprint density at radius 2 is 1.78 bits per heavy atom. The van der Waals surface area contributed by atoms with Crippen LogP contribution in [-0.4, -0.2) is 7.11 Å². The van der Waals surface area contributed by atoms with Gasteiger partial charge in [-0.15, -0.1) is 0 Å². The number of nitrogen functional groups attached to an aromatic ring is 1. The molecule has 0 aliphatic carbocycles. The quantitative estimate of drug-likeness (QED) is 0.852. The van der Waals surface area contributed by atoms with E-state index in [1.54, 1.807) is 7.11 Å². The van der Waals surface area contributed by atoms with E-state index in [9.17, 15) is 0 Å². The van der Waals surface area contributed by atoms with E-state index in [-0.39, 0.29) is 0 Å². The summed E-state index contributed by atoms with van der Waals surface area (Å²) in [7, 11) is 1.67. The molecule has 0 fully saturated rings. The molecule has 3 heteroatoms. The van der Waals surface area contributed by atoms with Gasteiger partial charge in [0.2, 0.25) is 0 Å². The van der Waals surface area contributed by atoms with Crippen LogP contribution < -0.4 is 10.5 Å². The first-order chi connectivity index (χ1) is 8.69. The van der Waals surface area contributed by atoms with Crippen LogP contribution in [0.4, 0.5) is 5.69 Å². The summed E-state index contributed by atoms with van der Waals surface area (Å²) in [6.45, 7) is 0. The molecule has 0 saturated heterocycles. The van der Waals surface area contributed by atoms with Crippen molar-refractivity contribution in [1.82, 2.24) is 0 Å². The number of anilines is 1. The second-order valence-corrected chi connectivity index (χ2v) is 4.63. The molecule has 18 heavy (non-hydrogen) atoms. The molecule has 0 unspecified atom stereocenters.